The van der Waals surface area contributed by atoms with Crippen molar-refractivity contribution in [2.24, 2.45) is 0 Å². The van der Waals surface area contributed by atoms with Crippen LogP contribution in [0, 0.1) is 6.92 Å². The molecule has 19 heavy (non-hydrogen) atoms. The van der Waals surface area contributed by atoms with E-state index in [0.717, 1.165) is 50.9 Å². The maximum absolute atomic E-state index is 5.24. The van der Waals surface area contributed by atoms with Gasteiger partial charge in [0.15, 0.2) is 0 Å². The molecule has 106 valence electrons. The molecule has 0 bridgehead atoms. The van der Waals surface area contributed by atoms with E-state index in [2.05, 4.69) is 25.8 Å². The second kappa shape index (κ2) is 6.82. The fourth-order valence-corrected chi connectivity index (χ4v) is 2.36. The van der Waals surface area contributed by atoms with E-state index in [1.807, 2.05) is 20.8 Å². The van der Waals surface area contributed by atoms with Crippen molar-refractivity contribution in [3.05, 3.63) is 18.1 Å². The van der Waals surface area contributed by atoms with E-state index in [0.29, 0.717) is 6.04 Å². The van der Waals surface area contributed by atoms with Gasteiger partial charge in [0, 0.05) is 37.9 Å². The Morgan fingerprint density at radius 1 is 1.11 bits per heavy atom. The topological polar surface area (TPSA) is 41.5 Å². The molecule has 2 aliphatic rings. The van der Waals surface area contributed by atoms with Crippen LogP contribution in [0.5, 0.6) is 0 Å². The predicted octanol–water partition coefficient (Wildman–Crippen LogP) is 1.33. The van der Waals surface area contributed by atoms with Crippen molar-refractivity contribution >= 4 is 5.82 Å². The van der Waals surface area contributed by atoms with Crippen molar-refractivity contribution < 1.29 is 4.74 Å². The van der Waals surface area contributed by atoms with Crippen LogP contribution in [-0.2, 0) is 4.74 Å². The molecule has 3 heterocycles. The quantitative estimate of drug-likeness (QED) is 0.806. The van der Waals surface area contributed by atoms with Gasteiger partial charge in [0.1, 0.15) is 12.1 Å². The Labute approximate surface area is 115 Å². The number of piperazine rings is 1. The van der Waals surface area contributed by atoms with Gasteiger partial charge in [0.25, 0.3) is 0 Å². The SMILES string of the molecule is CC.Cc1cc(N2CCN(C3COC3)CC2)ncn1. The van der Waals surface area contributed by atoms with Gasteiger partial charge >= 0.3 is 0 Å². The second-order valence-corrected chi connectivity index (χ2v) is 4.73. The summed E-state index contributed by atoms with van der Waals surface area (Å²) in [5.41, 5.74) is 1.03. The molecule has 2 aliphatic heterocycles. The van der Waals surface area contributed by atoms with Gasteiger partial charge in [0.2, 0.25) is 0 Å². The Bertz CT molecular complexity index is 387. The van der Waals surface area contributed by atoms with Crippen LogP contribution < -0.4 is 4.90 Å². The lowest BCUT2D eigenvalue weighted by molar-refractivity contribution is -0.0661. The van der Waals surface area contributed by atoms with Crippen molar-refractivity contribution in [3.8, 4) is 0 Å². The van der Waals surface area contributed by atoms with Gasteiger partial charge in [-0.2, -0.15) is 0 Å². The lowest BCUT2D eigenvalue weighted by Crippen LogP contribution is -2.56. The van der Waals surface area contributed by atoms with Crippen LogP contribution >= 0.6 is 0 Å². The lowest BCUT2D eigenvalue weighted by Gasteiger charge is -2.42. The van der Waals surface area contributed by atoms with Crippen LogP contribution in [0.3, 0.4) is 0 Å². The zero-order valence-electron chi connectivity index (χ0n) is 12.2. The van der Waals surface area contributed by atoms with Gasteiger partial charge in [-0.3, -0.25) is 4.90 Å². The molecule has 3 rings (SSSR count). The average Bonchev–Trinajstić information content (AvgIpc) is 2.40. The summed E-state index contributed by atoms with van der Waals surface area (Å²) >= 11 is 0. The molecule has 0 atom stereocenters. The number of ether oxygens (including phenoxy) is 1. The summed E-state index contributed by atoms with van der Waals surface area (Å²) < 4.78 is 5.24. The summed E-state index contributed by atoms with van der Waals surface area (Å²) in [6.07, 6.45) is 1.65. The van der Waals surface area contributed by atoms with E-state index in [4.69, 9.17) is 4.74 Å². The smallest absolute Gasteiger partial charge is 0.132 e. The Balaban J connectivity index is 0.000000637. The summed E-state index contributed by atoms with van der Waals surface area (Å²) in [5.74, 6) is 1.06. The van der Waals surface area contributed by atoms with Crippen LogP contribution in [-0.4, -0.2) is 60.3 Å². The molecule has 0 N–H and O–H groups in total. The molecule has 0 aliphatic carbocycles. The number of hydrogen-bond donors (Lipinski definition) is 0. The highest BCUT2D eigenvalue weighted by Crippen LogP contribution is 2.17. The number of aromatic nitrogens is 2. The molecule has 0 spiro atoms. The molecule has 2 fully saturated rings. The third-order valence-corrected chi connectivity index (χ3v) is 3.56. The molecular formula is C14H24N4O. The van der Waals surface area contributed by atoms with Gasteiger partial charge in [-0.25, -0.2) is 9.97 Å². The maximum Gasteiger partial charge on any atom is 0.132 e. The summed E-state index contributed by atoms with van der Waals surface area (Å²) in [6, 6.07) is 2.71. The number of aryl methyl sites for hydroxylation is 1. The molecule has 5 heteroatoms. The van der Waals surface area contributed by atoms with E-state index in [-0.39, 0.29) is 0 Å². The van der Waals surface area contributed by atoms with Gasteiger partial charge in [-0.05, 0) is 6.92 Å². The van der Waals surface area contributed by atoms with Crippen molar-refractivity contribution in [2.75, 3.05) is 44.3 Å². The number of hydrogen-bond acceptors (Lipinski definition) is 5. The Hall–Kier alpha value is -1.20. The third kappa shape index (κ3) is 3.42. The highest BCUT2D eigenvalue weighted by molar-refractivity contribution is 5.39. The third-order valence-electron chi connectivity index (χ3n) is 3.56. The van der Waals surface area contributed by atoms with Crippen molar-refractivity contribution in [1.29, 1.82) is 0 Å². The summed E-state index contributed by atoms with van der Waals surface area (Å²) in [5, 5.41) is 0. The van der Waals surface area contributed by atoms with Crippen LogP contribution in [0.15, 0.2) is 12.4 Å². The molecule has 0 radical (unpaired) electrons. The van der Waals surface area contributed by atoms with Crippen LogP contribution in [0.1, 0.15) is 19.5 Å². The standard InChI is InChI=1S/C12H18N4O.C2H6/c1-10-6-12(14-9-13-10)16-4-2-15(3-5-16)11-7-17-8-11;1-2/h6,9,11H,2-5,7-8H2,1H3;1-2H3. The zero-order valence-corrected chi connectivity index (χ0v) is 12.2. The van der Waals surface area contributed by atoms with E-state index in [1.54, 1.807) is 6.33 Å². The zero-order chi connectivity index (χ0) is 13.7. The lowest BCUT2D eigenvalue weighted by atomic mass is 10.2. The highest BCUT2D eigenvalue weighted by atomic mass is 16.5. The maximum atomic E-state index is 5.24. The molecule has 0 saturated carbocycles. The molecule has 0 amide bonds. The summed E-state index contributed by atoms with van der Waals surface area (Å²) in [4.78, 5) is 13.3. The highest BCUT2D eigenvalue weighted by Gasteiger charge is 2.29. The summed E-state index contributed by atoms with van der Waals surface area (Å²) in [7, 11) is 0. The van der Waals surface area contributed by atoms with Gasteiger partial charge in [-0.15, -0.1) is 0 Å². The molecule has 5 nitrogen and oxygen atoms in total. The Kier molecular flexibility index (Phi) is 5.10. The van der Waals surface area contributed by atoms with Crippen molar-refractivity contribution in [3.63, 3.8) is 0 Å². The molecular weight excluding hydrogens is 240 g/mol. The van der Waals surface area contributed by atoms with Crippen LogP contribution in [0.25, 0.3) is 0 Å². The van der Waals surface area contributed by atoms with Crippen LogP contribution in [0.2, 0.25) is 0 Å². The first-order valence-electron chi connectivity index (χ1n) is 7.18. The molecule has 0 aromatic carbocycles. The number of anilines is 1. The molecule has 1 aromatic rings. The molecule has 1 aromatic heterocycles. The van der Waals surface area contributed by atoms with E-state index >= 15 is 0 Å². The normalized spacial score (nSPS) is 20.5. The van der Waals surface area contributed by atoms with Crippen molar-refractivity contribution in [2.45, 2.75) is 26.8 Å². The van der Waals surface area contributed by atoms with E-state index in [9.17, 15) is 0 Å². The van der Waals surface area contributed by atoms with E-state index in [1.165, 1.54) is 0 Å². The Morgan fingerprint density at radius 3 is 2.32 bits per heavy atom. The predicted molar refractivity (Wildman–Crippen MR) is 76.5 cm³/mol. The summed E-state index contributed by atoms with van der Waals surface area (Å²) in [6.45, 7) is 12.1. The minimum Gasteiger partial charge on any atom is -0.378 e. The minimum atomic E-state index is 0.657. The number of nitrogens with zero attached hydrogens (tertiary/aromatic N) is 4. The second-order valence-electron chi connectivity index (χ2n) is 4.73. The molecule has 2 saturated heterocycles. The minimum absolute atomic E-state index is 0.657. The Morgan fingerprint density at radius 2 is 1.79 bits per heavy atom. The van der Waals surface area contributed by atoms with Crippen molar-refractivity contribution in [1.82, 2.24) is 14.9 Å². The average molecular weight is 264 g/mol. The first kappa shape index (κ1) is 14.2. The monoisotopic (exact) mass is 264 g/mol. The fourth-order valence-electron chi connectivity index (χ4n) is 2.36. The fraction of sp³-hybridized carbons (Fsp3) is 0.714. The van der Waals surface area contributed by atoms with Gasteiger partial charge in [-0.1, -0.05) is 13.8 Å². The van der Waals surface area contributed by atoms with Gasteiger partial charge < -0.3 is 9.64 Å². The first-order valence-corrected chi connectivity index (χ1v) is 7.18. The van der Waals surface area contributed by atoms with E-state index < -0.39 is 0 Å². The molecule has 0 unspecified atom stereocenters. The largest absolute Gasteiger partial charge is 0.378 e. The first-order chi connectivity index (χ1) is 9.33. The van der Waals surface area contributed by atoms with Gasteiger partial charge in [0.05, 0.1) is 19.3 Å². The number of rotatable bonds is 2. The van der Waals surface area contributed by atoms with Crippen LogP contribution in [0.4, 0.5) is 5.82 Å².